The first-order chi connectivity index (χ1) is 14.0. The molecule has 0 saturated heterocycles. The molecule has 0 unspecified atom stereocenters. The van der Waals surface area contributed by atoms with Gasteiger partial charge in [-0.05, 0) is 37.3 Å². The normalized spacial score (nSPS) is 16.2. The second kappa shape index (κ2) is 6.85. The molecule has 1 atom stereocenters. The number of nitrogens with zero attached hydrogens (tertiary/aromatic N) is 6. The van der Waals surface area contributed by atoms with Crippen molar-refractivity contribution in [3.63, 3.8) is 0 Å². The van der Waals surface area contributed by atoms with Crippen molar-refractivity contribution in [1.29, 1.82) is 0 Å². The van der Waals surface area contributed by atoms with Crippen LogP contribution in [0.2, 0.25) is 5.15 Å². The lowest BCUT2D eigenvalue weighted by atomic mass is 10.1. The number of thiazole rings is 1. The number of benzene rings is 1. The number of hydrogen-bond acceptors (Lipinski definition) is 6. The van der Waals surface area contributed by atoms with Crippen molar-refractivity contribution in [2.75, 3.05) is 6.54 Å². The van der Waals surface area contributed by atoms with Gasteiger partial charge in [-0.2, -0.15) is 0 Å². The maximum atomic E-state index is 13.2. The van der Waals surface area contributed by atoms with Crippen LogP contribution in [0.1, 0.15) is 29.1 Å². The Kier molecular flexibility index (Phi) is 4.29. The molecule has 0 fully saturated rings. The van der Waals surface area contributed by atoms with Gasteiger partial charge in [0.2, 0.25) is 0 Å². The number of amides is 1. The van der Waals surface area contributed by atoms with E-state index in [4.69, 9.17) is 11.6 Å². The Bertz CT molecular complexity index is 1240. The van der Waals surface area contributed by atoms with Gasteiger partial charge in [-0.3, -0.25) is 4.79 Å². The molecule has 3 aromatic heterocycles. The summed E-state index contributed by atoms with van der Waals surface area (Å²) in [6.45, 7) is 2.95. The summed E-state index contributed by atoms with van der Waals surface area (Å²) in [4.78, 5) is 23.3. The average molecular weight is 429 g/mol. The predicted molar refractivity (Wildman–Crippen MR) is 107 cm³/mol. The van der Waals surface area contributed by atoms with Gasteiger partial charge in [-0.1, -0.05) is 11.6 Å². The highest BCUT2D eigenvalue weighted by molar-refractivity contribution is 7.21. The van der Waals surface area contributed by atoms with Gasteiger partial charge in [-0.15, -0.1) is 21.5 Å². The molecule has 4 heterocycles. The van der Waals surface area contributed by atoms with Crippen molar-refractivity contribution in [3.05, 3.63) is 58.9 Å². The first-order valence-electron chi connectivity index (χ1n) is 8.93. The number of fused-ring (bicyclic) bond motifs is 2. The molecule has 0 radical (unpaired) electrons. The molecule has 7 nitrogen and oxygen atoms in total. The standard InChI is InChI=1S/C19H14ClFN6OS/c1-10-16-24-25-17(18-23-13-9-22-15(20)8-14(13)29-18)27(16)7-6-26(10)19(28)11-2-4-12(21)5-3-11/h2-5,8-10H,6-7H2,1H3/t10-/m1/s1. The molecular weight excluding hydrogens is 415 g/mol. The minimum absolute atomic E-state index is 0.158. The Labute approximate surface area is 173 Å². The highest BCUT2D eigenvalue weighted by Crippen LogP contribution is 2.33. The summed E-state index contributed by atoms with van der Waals surface area (Å²) < 4.78 is 16.1. The lowest BCUT2D eigenvalue weighted by Crippen LogP contribution is -2.41. The zero-order valence-corrected chi connectivity index (χ0v) is 16.8. The van der Waals surface area contributed by atoms with Crippen LogP contribution in [0, 0.1) is 5.82 Å². The molecule has 0 N–H and O–H groups in total. The Balaban J connectivity index is 1.47. The van der Waals surface area contributed by atoms with E-state index in [0.29, 0.717) is 35.5 Å². The SMILES string of the molecule is C[C@@H]1c2nnc(-c3nc4cnc(Cl)cc4s3)n2CCN1C(=O)c1ccc(F)cc1. The summed E-state index contributed by atoms with van der Waals surface area (Å²) >= 11 is 7.44. The van der Waals surface area contributed by atoms with Crippen LogP contribution in [0.5, 0.6) is 0 Å². The van der Waals surface area contributed by atoms with Crippen LogP contribution in [0.25, 0.3) is 21.0 Å². The van der Waals surface area contributed by atoms with Crippen LogP contribution in [0.4, 0.5) is 4.39 Å². The number of halogens is 2. The molecule has 0 bridgehead atoms. The fourth-order valence-electron chi connectivity index (χ4n) is 3.48. The first kappa shape index (κ1) is 18.1. The predicted octanol–water partition coefficient (Wildman–Crippen LogP) is 3.96. The van der Waals surface area contributed by atoms with Crippen molar-refractivity contribution >= 4 is 39.1 Å². The van der Waals surface area contributed by atoms with E-state index < -0.39 is 0 Å². The molecule has 0 saturated carbocycles. The van der Waals surface area contributed by atoms with Gasteiger partial charge in [0.1, 0.15) is 16.5 Å². The van der Waals surface area contributed by atoms with Crippen LogP contribution in [-0.4, -0.2) is 42.1 Å². The fraction of sp³-hybridized carbons (Fsp3) is 0.211. The van der Waals surface area contributed by atoms with Crippen molar-refractivity contribution in [3.8, 4) is 10.8 Å². The van der Waals surface area contributed by atoms with E-state index >= 15 is 0 Å². The maximum absolute atomic E-state index is 13.2. The summed E-state index contributed by atoms with van der Waals surface area (Å²) in [5.74, 6) is 0.828. The minimum atomic E-state index is -0.370. The molecule has 0 spiro atoms. The smallest absolute Gasteiger partial charge is 0.254 e. The summed E-state index contributed by atoms with van der Waals surface area (Å²) in [5.41, 5.74) is 1.20. The molecule has 1 amide bonds. The Morgan fingerprint density at radius 2 is 2.03 bits per heavy atom. The van der Waals surface area contributed by atoms with Gasteiger partial charge in [0.15, 0.2) is 16.7 Å². The minimum Gasteiger partial charge on any atom is -0.327 e. The van der Waals surface area contributed by atoms with E-state index in [2.05, 4.69) is 20.2 Å². The van der Waals surface area contributed by atoms with Crippen LogP contribution in [0.3, 0.4) is 0 Å². The summed E-state index contributed by atoms with van der Waals surface area (Å²) in [5, 5.41) is 9.81. The molecule has 1 aromatic carbocycles. The molecule has 1 aliphatic rings. The monoisotopic (exact) mass is 428 g/mol. The Hall–Kier alpha value is -2.91. The second-order valence-electron chi connectivity index (χ2n) is 6.71. The molecule has 146 valence electrons. The van der Waals surface area contributed by atoms with Crippen LogP contribution >= 0.6 is 22.9 Å². The number of hydrogen-bond donors (Lipinski definition) is 0. The summed E-state index contributed by atoms with van der Waals surface area (Å²) in [7, 11) is 0. The maximum Gasteiger partial charge on any atom is 0.254 e. The lowest BCUT2D eigenvalue weighted by Gasteiger charge is -2.33. The zero-order chi connectivity index (χ0) is 20.1. The number of carbonyl (C=O) groups is 1. The van der Waals surface area contributed by atoms with Crippen LogP contribution in [-0.2, 0) is 6.54 Å². The van der Waals surface area contributed by atoms with Crippen LogP contribution < -0.4 is 0 Å². The number of rotatable bonds is 2. The van der Waals surface area contributed by atoms with Gasteiger partial charge in [0.25, 0.3) is 5.91 Å². The Morgan fingerprint density at radius 1 is 1.24 bits per heavy atom. The van der Waals surface area contributed by atoms with Gasteiger partial charge < -0.3 is 9.47 Å². The third kappa shape index (κ3) is 3.06. The van der Waals surface area contributed by atoms with Crippen molar-refractivity contribution in [1.82, 2.24) is 29.6 Å². The topological polar surface area (TPSA) is 76.8 Å². The highest BCUT2D eigenvalue weighted by atomic mass is 35.5. The third-order valence-electron chi connectivity index (χ3n) is 4.97. The summed E-state index contributed by atoms with van der Waals surface area (Å²) in [6.07, 6.45) is 1.64. The fourth-order valence-corrected chi connectivity index (χ4v) is 4.67. The lowest BCUT2D eigenvalue weighted by molar-refractivity contribution is 0.0638. The molecule has 1 aliphatic heterocycles. The zero-order valence-electron chi connectivity index (χ0n) is 15.2. The Morgan fingerprint density at radius 3 is 2.83 bits per heavy atom. The first-order valence-corrected chi connectivity index (χ1v) is 10.1. The molecule has 0 aliphatic carbocycles. The van der Waals surface area contributed by atoms with Gasteiger partial charge in [0.05, 0.1) is 16.9 Å². The van der Waals surface area contributed by atoms with Crippen LogP contribution in [0.15, 0.2) is 36.5 Å². The van der Waals surface area contributed by atoms with E-state index in [9.17, 15) is 9.18 Å². The average Bonchev–Trinajstić information content (AvgIpc) is 3.32. The van der Waals surface area contributed by atoms with Crippen molar-refractivity contribution < 1.29 is 9.18 Å². The molecule has 5 rings (SSSR count). The van der Waals surface area contributed by atoms with Gasteiger partial charge >= 0.3 is 0 Å². The van der Waals surface area contributed by atoms with E-state index in [-0.39, 0.29) is 17.8 Å². The molecule has 29 heavy (non-hydrogen) atoms. The number of carbonyl (C=O) groups excluding carboxylic acids is 1. The van der Waals surface area contributed by atoms with E-state index in [0.717, 1.165) is 15.2 Å². The number of pyridine rings is 1. The number of aromatic nitrogens is 5. The van der Waals surface area contributed by atoms with E-state index in [1.807, 2.05) is 11.5 Å². The molecule has 4 aromatic rings. The van der Waals surface area contributed by atoms with Crippen molar-refractivity contribution in [2.24, 2.45) is 0 Å². The van der Waals surface area contributed by atoms with Gasteiger partial charge in [0, 0.05) is 18.7 Å². The molecular formula is C19H14ClFN6OS. The van der Waals surface area contributed by atoms with Gasteiger partial charge in [-0.25, -0.2) is 14.4 Å². The quantitative estimate of drug-likeness (QED) is 0.452. The van der Waals surface area contributed by atoms with E-state index in [1.165, 1.54) is 35.6 Å². The third-order valence-corrected chi connectivity index (χ3v) is 6.19. The molecule has 10 heteroatoms. The van der Waals surface area contributed by atoms with E-state index in [1.54, 1.807) is 17.2 Å². The second-order valence-corrected chi connectivity index (χ2v) is 8.13. The van der Waals surface area contributed by atoms with Crippen molar-refractivity contribution in [2.45, 2.75) is 19.5 Å². The highest BCUT2D eigenvalue weighted by Gasteiger charge is 2.32. The summed E-state index contributed by atoms with van der Waals surface area (Å²) in [6, 6.07) is 7.07. The largest absolute Gasteiger partial charge is 0.327 e.